The Balaban J connectivity index is 1.91. The molecule has 4 N–H and O–H groups in total. The molecule has 6 heteroatoms. The largest absolute Gasteiger partial charge is 0.382 e. The fraction of sp³-hybridized carbons (Fsp3) is 0.500. The molecule has 104 valence electrons. The molecule has 0 bridgehead atoms. The van der Waals surface area contributed by atoms with E-state index in [1.807, 2.05) is 0 Å². The number of nitrogens with one attached hydrogen (secondary N) is 1. The number of aromatic amines is 1. The molecular formula is C14H17N5O. The Morgan fingerprint density at radius 3 is 3.15 bits per heavy atom. The minimum Gasteiger partial charge on any atom is -0.382 e. The third-order valence-corrected chi connectivity index (χ3v) is 3.69. The van der Waals surface area contributed by atoms with Gasteiger partial charge in [-0.2, -0.15) is 4.98 Å². The van der Waals surface area contributed by atoms with E-state index in [-0.39, 0.29) is 0 Å². The van der Waals surface area contributed by atoms with Gasteiger partial charge in [0.15, 0.2) is 11.5 Å². The summed E-state index contributed by atoms with van der Waals surface area (Å²) in [5, 5.41) is 10.5. The summed E-state index contributed by atoms with van der Waals surface area (Å²) in [7, 11) is 0. The fourth-order valence-electron chi connectivity index (χ4n) is 2.72. The number of fused-ring (bicyclic) bond motifs is 1. The zero-order chi connectivity index (χ0) is 14.2. The van der Waals surface area contributed by atoms with Crippen LogP contribution in [0.5, 0.6) is 0 Å². The van der Waals surface area contributed by atoms with Crippen molar-refractivity contribution in [3.05, 3.63) is 12.2 Å². The second kappa shape index (κ2) is 4.76. The van der Waals surface area contributed by atoms with Crippen LogP contribution in [0.25, 0.3) is 11.2 Å². The van der Waals surface area contributed by atoms with Crippen LogP contribution in [0.4, 0.5) is 5.82 Å². The summed E-state index contributed by atoms with van der Waals surface area (Å²) in [6, 6.07) is 0. The van der Waals surface area contributed by atoms with Crippen molar-refractivity contribution in [2.24, 2.45) is 5.92 Å². The van der Waals surface area contributed by atoms with Gasteiger partial charge in [0.2, 0.25) is 5.82 Å². The van der Waals surface area contributed by atoms with Gasteiger partial charge in [-0.05, 0) is 31.1 Å². The summed E-state index contributed by atoms with van der Waals surface area (Å²) >= 11 is 0. The first kappa shape index (κ1) is 12.9. The first-order valence-corrected chi connectivity index (χ1v) is 6.78. The summed E-state index contributed by atoms with van der Waals surface area (Å²) in [6.07, 6.45) is 5.05. The molecule has 1 saturated carbocycles. The molecule has 2 aromatic rings. The summed E-state index contributed by atoms with van der Waals surface area (Å²) in [5.41, 5.74) is 5.98. The van der Waals surface area contributed by atoms with Gasteiger partial charge in [0, 0.05) is 0 Å². The minimum absolute atomic E-state index is 0.300. The predicted octanol–water partition coefficient (Wildman–Crippen LogP) is 1.23. The van der Waals surface area contributed by atoms with Crippen molar-refractivity contribution in [3.63, 3.8) is 0 Å². The molecule has 2 atom stereocenters. The van der Waals surface area contributed by atoms with Crippen LogP contribution in [0.1, 0.15) is 38.4 Å². The summed E-state index contributed by atoms with van der Waals surface area (Å²) < 4.78 is 0. The molecule has 1 aliphatic rings. The van der Waals surface area contributed by atoms with Gasteiger partial charge in [-0.3, -0.25) is 0 Å². The number of nitrogen functional groups attached to an aromatic ring is 1. The van der Waals surface area contributed by atoms with E-state index in [1.54, 1.807) is 0 Å². The molecule has 0 aromatic carbocycles. The molecule has 0 amide bonds. The normalized spacial score (nSPS) is 26.2. The van der Waals surface area contributed by atoms with Gasteiger partial charge in [0.05, 0.1) is 6.33 Å². The van der Waals surface area contributed by atoms with Crippen LogP contribution >= 0.6 is 0 Å². The molecule has 2 unspecified atom stereocenters. The Morgan fingerprint density at radius 2 is 2.35 bits per heavy atom. The molecule has 0 aliphatic heterocycles. The number of H-pyrrole nitrogens is 1. The highest BCUT2D eigenvalue weighted by Gasteiger charge is 2.30. The molecule has 20 heavy (non-hydrogen) atoms. The number of rotatable bonds is 0. The Bertz CT molecular complexity index is 698. The maximum atomic E-state index is 10.5. The molecule has 2 aromatic heterocycles. The fourth-order valence-corrected chi connectivity index (χ4v) is 2.72. The number of hydrogen-bond acceptors (Lipinski definition) is 5. The maximum absolute atomic E-state index is 10.5. The van der Waals surface area contributed by atoms with Crippen molar-refractivity contribution in [2.75, 3.05) is 5.73 Å². The number of nitrogens with zero attached hydrogens (tertiary/aromatic N) is 3. The van der Waals surface area contributed by atoms with E-state index in [9.17, 15) is 5.11 Å². The highest BCUT2D eigenvalue weighted by molar-refractivity contribution is 5.81. The standard InChI is InChI=1S/C14H17N5O/c1-9-3-2-5-14(20,7-9)6-4-10-18-12(15)11-13(19-10)17-8-16-11/h8-9,20H,2-3,5,7H2,1H3,(H3,15,16,17,18,19). The van der Waals surface area contributed by atoms with Crippen molar-refractivity contribution in [1.29, 1.82) is 0 Å². The lowest BCUT2D eigenvalue weighted by Crippen LogP contribution is -2.32. The Morgan fingerprint density at radius 1 is 1.50 bits per heavy atom. The van der Waals surface area contributed by atoms with Crippen LogP contribution in [-0.2, 0) is 0 Å². The second-order valence-corrected chi connectivity index (χ2v) is 5.52. The van der Waals surface area contributed by atoms with Crippen molar-refractivity contribution in [3.8, 4) is 11.8 Å². The number of imidazole rings is 1. The van der Waals surface area contributed by atoms with Crippen molar-refractivity contribution in [2.45, 2.75) is 38.2 Å². The summed E-state index contributed by atoms with van der Waals surface area (Å²) in [4.78, 5) is 15.3. The van der Waals surface area contributed by atoms with E-state index < -0.39 is 5.60 Å². The summed E-state index contributed by atoms with van der Waals surface area (Å²) in [6.45, 7) is 2.13. The van der Waals surface area contributed by atoms with E-state index in [0.29, 0.717) is 41.6 Å². The Kier molecular flexibility index (Phi) is 3.07. The topological polar surface area (TPSA) is 101 Å². The van der Waals surface area contributed by atoms with E-state index in [0.717, 1.165) is 12.8 Å². The van der Waals surface area contributed by atoms with Crippen LogP contribution in [-0.4, -0.2) is 30.6 Å². The Labute approximate surface area is 116 Å². The quantitative estimate of drug-likeness (QED) is 0.626. The van der Waals surface area contributed by atoms with Gasteiger partial charge in [0.25, 0.3) is 0 Å². The van der Waals surface area contributed by atoms with Gasteiger partial charge in [-0.15, -0.1) is 0 Å². The van der Waals surface area contributed by atoms with E-state index in [4.69, 9.17) is 5.73 Å². The zero-order valence-corrected chi connectivity index (χ0v) is 11.3. The number of aliphatic hydroxyl groups is 1. The lowest BCUT2D eigenvalue weighted by atomic mass is 9.79. The number of anilines is 1. The van der Waals surface area contributed by atoms with Crippen molar-refractivity contribution >= 4 is 17.0 Å². The SMILES string of the molecule is CC1CCCC(O)(C#Cc2nc(N)c3[nH]cnc3n2)C1. The van der Waals surface area contributed by atoms with Gasteiger partial charge in [-0.25, -0.2) is 9.97 Å². The summed E-state index contributed by atoms with van der Waals surface area (Å²) in [5.74, 6) is 6.87. The molecule has 0 spiro atoms. The van der Waals surface area contributed by atoms with Gasteiger partial charge >= 0.3 is 0 Å². The average molecular weight is 271 g/mol. The Hall–Kier alpha value is -2.13. The molecule has 2 heterocycles. The molecular weight excluding hydrogens is 254 g/mol. The van der Waals surface area contributed by atoms with Gasteiger partial charge in [-0.1, -0.05) is 19.3 Å². The van der Waals surface area contributed by atoms with Crippen LogP contribution in [0, 0.1) is 17.8 Å². The van der Waals surface area contributed by atoms with Crippen LogP contribution < -0.4 is 5.73 Å². The second-order valence-electron chi connectivity index (χ2n) is 5.52. The molecule has 6 nitrogen and oxygen atoms in total. The van der Waals surface area contributed by atoms with Crippen molar-refractivity contribution < 1.29 is 5.11 Å². The monoisotopic (exact) mass is 271 g/mol. The molecule has 1 aliphatic carbocycles. The number of nitrogens with two attached hydrogens (primary N) is 1. The third kappa shape index (κ3) is 2.45. The van der Waals surface area contributed by atoms with E-state index >= 15 is 0 Å². The first-order valence-electron chi connectivity index (χ1n) is 6.78. The predicted molar refractivity (Wildman–Crippen MR) is 75.6 cm³/mol. The lowest BCUT2D eigenvalue weighted by molar-refractivity contribution is 0.0410. The highest BCUT2D eigenvalue weighted by atomic mass is 16.3. The average Bonchev–Trinajstić information content (AvgIpc) is 2.85. The molecule has 1 fully saturated rings. The highest BCUT2D eigenvalue weighted by Crippen LogP contribution is 2.31. The van der Waals surface area contributed by atoms with Crippen LogP contribution in [0.2, 0.25) is 0 Å². The molecule has 3 rings (SSSR count). The molecule has 0 saturated heterocycles. The first-order chi connectivity index (χ1) is 9.56. The minimum atomic E-state index is -0.934. The van der Waals surface area contributed by atoms with Crippen LogP contribution in [0.3, 0.4) is 0 Å². The zero-order valence-electron chi connectivity index (χ0n) is 11.3. The van der Waals surface area contributed by atoms with E-state index in [1.165, 1.54) is 6.33 Å². The van der Waals surface area contributed by atoms with Crippen molar-refractivity contribution in [1.82, 2.24) is 19.9 Å². The van der Waals surface area contributed by atoms with Gasteiger partial charge < -0.3 is 15.8 Å². The smallest absolute Gasteiger partial charge is 0.209 e. The van der Waals surface area contributed by atoms with E-state index in [2.05, 4.69) is 38.7 Å². The van der Waals surface area contributed by atoms with Gasteiger partial charge in [0.1, 0.15) is 11.1 Å². The maximum Gasteiger partial charge on any atom is 0.209 e. The number of hydrogen-bond donors (Lipinski definition) is 3. The number of aromatic nitrogens is 4. The molecule has 0 radical (unpaired) electrons. The lowest BCUT2D eigenvalue weighted by Gasteiger charge is -2.30. The third-order valence-electron chi connectivity index (χ3n) is 3.69. The van der Waals surface area contributed by atoms with Crippen LogP contribution in [0.15, 0.2) is 6.33 Å².